The molecule has 3 N–H and O–H groups in total. The van der Waals surface area contributed by atoms with Crippen LogP contribution in [0.15, 0.2) is 46.8 Å². The summed E-state index contributed by atoms with van der Waals surface area (Å²) in [5.41, 5.74) is 6.78. The highest BCUT2D eigenvalue weighted by Crippen LogP contribution is 2.35. The third-order valence-electron chi connectivity index (χ3n) is 3.78. The molecule has 1 aromatic heterocycles. The average Bonchev–Trinajstić information content (AvgIpc) is 3.03. The van der Waals surface area contributed by atoms with Crippen LogP contribution in [-0.2, 0) is 12.1 Å². The minimum atomic E-state index is -0.313. The molecule has 0 amide bonds. The molecule has 0 fully saturated rings. The van der Waals surface area contributed by atoms with Gasteiger partial charge >= 0.3 is 0 Å². The summed E-state index contributed by atoms with van der Waals surface area (Å²) in [5.74, 6) is 0.828. The Hall–Kier alpha value is -2.01. The van der Waals surface area contributed by atoms with Crippen molar-refractivity contribution in [3.63, 3.8) is 0 Å². The summed E-state index contributed by atoms with van der Waals surface area (Å²) in [5, 5.41) is 11.8. The molecular weight excluding hydrogens is 270 g/mol. The molecule has 1 aliphatic heterocycles. The van der Waals surface area contributed by atoms with Gasteiger partial charge in [0.15, 0.2) is 5.96 Å². The number of hydrogen-bond donors (Lipinski definition) is 2. The molecule has 0 bridgehead atoms. The summed E-state index contributed by atoms with van der Waals surface area (Å²) < 4.78 is 0. The van der Waals surface area contributed by atoms with Gasteiger partial charge in [0.1, 0.15) is 5.75 Å². The van der Waals surface area contributed by atoms with Gasteiger partial charge in [-0.05, 0) is 36.1 Å². The van der Waals surface area contributed by atoms with Crippen LogP contribution in [0.1, 0.15) is 17.4 Å². The minimum Gasteiger partial charge on any atom is -0.508 e. The van der Waals surface area contributed by atoms with Gasteiger partial charge in [-0.3, -0.25) is 4.99 Å². The number of nitrogens with zero attached hydrogens (tertiary/aromatic N) is 2. The van der Waals surface area contributed by atoms with Crippen LogP contribution < -0.4 is 5.73 Å². The number of guanidine groups is 1. The highest BCUT2D eigenvalue weighted by Gasteiger charge is 2.39. The first-order valence-corrected chi connectivity index (χ1v) is 7.37. The van der Waals surface area contributed by atoms with Crippen LogP contribution in [0.25, 0.3) is 0 Å². The van der Waals surface area contributed by atoms with Crippen LogP contribution in [0.2, 0.25) is 0 Å². The number of aliphatic imine (C=N–C) groups is 1. The SMILES string of the molecule is CC1(c2cccc(O)c2)CN=C(N)N1Cc1cccs1. The monoisotopic (exact) mass is 287 g/mol. The first-order chi connectivity index (χ1) is 9.59. The van der Waals surface area contributed by atoms with Crippen molar-refractivity contribution in [2.75, 3.05) is 6.54 Å². The normalized spacial score (nSPS) is 22.1. The summed E-state index contributed by atoms with van der Waals surface area (Å²) >= 11 is 1.71. The standard InChI is InChI=1S/C15H17N3OS/c1-15(11-4-2-5-12(19)8-11)10-17-14(16)18(15)9-13-6-3-7-20-13/h2-8,19H,9-10H2,1H3,(H2,16,17). The van der Waals surface area contributed by atoms with Gasteiger partial charge in [0.05, 0.1) is 18.6 Å². The quantitative estimate of drug-likeness (QED) is 0.911. The largest absolute Gasteiger partial charge is 0.508 e. The van der Waals surface area contributed by atoms with Crippen molar-refractivity contribution in [3.05, 3.63) is 52.2 Å². The van der Waals surface area contributed by atoms with Crippen molar-refractivity contribution >= 4 is 17.3 Å². The highest BCUT2D eigenvalue weighted by molar-refractivity contribution is 7.09. The molecule has 4 nitrogen and oxygen atoms in total. The van der Waals surface area contributed by atoms with Crippen molar-refractivity contribution in [1.29, 1.82) is 0 Å². The van der Waals surface area contributed by atoms with Crippen molar-refractivity contribution in [3.8, 4) is 5.75 Å². The molecule has 0 saturated carbocycles. The zero-order valence-electron chi connectivity index (χ0n) is 11.3. The zero-order valence-corrected chi connectivity index (χ0v) is 12.1. The minimum absolute atomic E-state index is 0.269. The van der Waals surface area contributed by atoms with E-state index in [9.17, 15) is 5.11 Å². The number of nitrogens with two attached hydrogens (primary N) is 1. The molecular formula is C15H17N3OS. The molecule has 20 heavy (non-hydrogen) atoms. The van der Waals surface area contributed by atoms with Gasteiger partial charge in [-0.2, -0.15) is 0 Å². The zero-order chi connectivity index (χ0) is 14.2. The van der Waals surface area contributed by atoms with Crippen LogP contribution in [-0.4, -0.2) is 22.5 Å². The van der Waals surface area contributed by atoms with E-state index in [0.717, 1.165) is 12.1 Å². The van der Waals surface area contributed by atoms with Crippen molar-refractivity contribution in [2.24, 2.45) is 10.7 Å². The summed E-state index contributed by atoms with van der Waals surface area (Å²) in [6.07, 6.45) is 0. The number of rotatable bonds is 3. The maximum absolute atomic E-state index is 9.71. The second-order valence-corrected chi connectivity index (χ2v) is 6.20. The lowest BCUT2D eigenvalue weighted by Gasteiger charge is -2.36. The van der Waals surface area contributed by atoms with Gasteiger partial charge in [0, 0.05) is 4.88 Å². The van der Waals surface area contributed by atoms with Crippen molar-refractivity contribution < 1.29 is 5.11 Å². The van der Waals surface area contributed by atoms with E-state index in [1.165, 1.54) is 4.88 Å². The van der Waals surface area contributed by atoms with Gasteiger partial charge in [0.2, 0.25) is 0 Å². The number of thiophene rings is 1. The molecule has 1 aromatic carbocycles. The van der Waals surface area contributed by atoms with Crippen LogP contribution in [0.5, 0.6) is 5.75 Å². The third kappa shape index (κ3) is 2.14. The highest BCUT2D eigenvalue weighted by atomic mass is 32.1. The van der Waals surface area contributed by atoms with Gasteiger partial charge < -0.3 is 15.7 Å². The third-order valence-corrected chi connectivity index (χ3v) is 4.64. The summed E-state index contributed by atoms with van der Waals surface area (Å²) in [4.78, 5) is 7.75. The number of phenols is 1. The smallest absolute Gasteiger partial charge is 0.192 e. The molecule has 0 aliphatic carbocycles. The Morgan fingerprint density at radius 2 is 2.25 bits per heavy atom. The number of hydrogen-bond acceptors (Lipinski definition) is 5. The summed E-state index contributed by atoms with van der Waals surface area (Å²) in [6.45, 7) is 3.45. The Bertz CT molecular complexity index is 638. The Balaban J connectivity index is 1.95. The van der Waals surface area contributed by atoms with E-state index in [2.05, 4.69) is 28.3 Å². The molecule has 1 aliphatic rings. The molecule has 2 heterocycles. The summed E-state index contributed by atoms with van der Waals surface area (Å²) in [6, 6.07) is 11.5. The number of aromatic hydroxyl groups is 1. The molecule has 0 spiro atoms. The fourth-order valence-corrected chi connectivity index (χ4v) is 3.25. The van der Waals surface area contributed by atoms with Crippen LogP contribution in [0.3, 0.4) is 0 Å². The van der Waals surface area contributed by atoms with Gasteiger partial charge in [-0.1, -0.05) is 18.2 Å². The summed E-state index contributed by atoms with van der Waals surface area (Å²) in [7, 11) is 0. The molecule has 0 radical (unpaired) electrons. The fourth-order valence-electron chi connectivity index (χ4n) is 2.56. The van der Waals surface area contributed by atoms with Crippen LogP contribution in [0, 0.1) is 0 Å². The second-order valence-electron chi connectivity index (χ2n) is 5.16. The van der Waals surface area contributed by atoms with Gasteiger partial charge in [0.25, 0.3) is 0 Å². The van der Waals surface area contributed by atoms with E-state index in [0.29, 0.717) is 12.5 Å². The molecule has 104 valence electrons. The Labute approximate surface area is 122 Å². The number of phenolic OH excluding ortho intramolecular Hbond substituents is 1. The molecule has 1 unspecified atom stereocenters. The first kappa shape index (κ1) is 13.0. The average molecular weight is 287 g/mol. The predicted octanol–water partition coefficient (Wildman–Crippen LogP) is 2.50. The number of benzene rings is 1. The van der Waals surface area contributed by atoms with E-state index in [1.54, 1.807) is 23.5 Å². The molecule has 1 atom stereocenters. The van der Waals surface area contributed by atoms with E-state index in [1.807, 2.05) is 18.2 Å². The molecule has 5 heteroatoms. The second kappa shape index (κ2) is 4.83. The lowest BCUT2D eigenvalue weighted by atomic mass is 9.91. The topological polar surface area (TPSA) is 61.9 Å². The van der Waals surface area contributed by atoms with Crippen LogP contribution in [0.4, 0.5) is 0 Å². The lowest BCUT2D eigenvalue weighted by Crippen LogP contribution is -2.46. The van der Waals surface area contributed by atoms with E-state index in [-0.39, 0.29) is 11.3 Å². The van der Waals surface area contributed by atoms with E-state index in [4.69, 9.17) is 5.73 Å². The maximum Gasteiger partial charge on any atom is 0.192 e. The fraction of sp³-hybridized carbons (Fsp3) is 0.267. The van der Waals surface area contributed by atoms with Crippen molar-refractivity contribution in [1.82, 2.24) is 4.90 Å². The van der Waals surface area contributed by atoms with Crippen molar-refractivity contribution in [2.45, 2.75) is 19.0 Å². The Morgan fingerprint density at radius 1 is 1.40 bits per heavy atom. The van der Waals surface area contributed by atoms with E-state index >= 15 is 0 Å². The predicted molar refractivity (Wildman–Crippen MR) is 81.8 cm³/mol. The molecule has 0 saturated heterocycles. The maximum atomic E-state index is 9.71. The Morgan fingerprint density at radius 3 is 2.95 bits per heavy atom. The molecule has 2 aromatic rings. The van der Waals surface area contributed by atoms with Crippen LogP contribution >= 0.6 is 11.3 Å². The Kier molecular flexibility index (Phi) is 3.14. The van der Waals surface area contributed by atoms with Gasteiger partial charge in [-0.15, -0.1) is 11.3 Å². The lowest BCUT2D eigenvalue weighted by molar-refractivity contribution is 0.218. The first-order valence-electron chi connectivity index (χ1n) is 6.49. The molecule has 3 rings (SSSR count). The van der Waals surface area contributed by atoms with E-state index < -0.39 is 0 Å². The van der Waals surface area contributed by atoms with Gasteiger partial charge in [-0.25, -0.2) is 0 Å².